The van der Waals surface area contributed by atoms with Crippen molar-refractivity contribution in [3.05, 3.63) is 36.2 Å². The van der Waals surface area contributed by atoms with Gasteiger partial charge >= 0.3 is 5.97 Å². The molecule has 0 amide bonds. The number of benzene rings is 1. The number of alkyl halides is 2. The van der Waals surface area contributed by atoms with Crippen molar-refractivity contribution in [3.63, 3.8) is 0 Å². The number of fused-ring (bicyclic) bond motifs is 1. The van der Waals surface area contributed by atoms with Crippen LogP contribution in [0.4, 0.5) is 20.5 Å². The number of rotatable bonds is 7. The van der Waals surface area contributed by atoms with Crippen LogP contribution in [0.2, 0.25) is 0 Å². The Morgan fingerprint density at radius 1 is 0.974 bits per heavy atom. The van der Waals surface area contributed by atoms with Gasteiger partial charge in [0.15, 0.2) is 5.82 Å². The molecule has 202 valence electrons. The summed E-state index contributed by atoms with van der Waals surface area (Å²) in [4.78, 5) is 29.9. The van der Waals surface area contributed by atoms with E-state index in [1.807, 2.05) is 0 Å². The molecule has 1 atom stereocenters. The molecule has 6 rings (SSSR count). The number of ether oxygens (including phenoxy) is 2. The first kappa shape index (κ1) is 24.9. The lowest BCUT2D eigenvalue weighted by Crippen LogP contribution is -2.44. The number of halogens is 2. The molecule has 5 heterocycles. The molecule has 3 aromatic rings. The number of imidazole rings is 1. The van der Waals surface area contributed by atoms with E-state index in [0.717, 1.165) is 32.4 Å². The van der Waals surface area contributed by atoms with Gasteiger partial charge in [-0.2, -0.15) is 9.97 Å². The predicted molar refractivity (Wildman–Crippen MR) is 137 cm³/mol. The molecule has 1 aromatic carbocycles. The van der Waals surface area contributed by atoms with Crippen molar-refractivity contribution in [1.29, 1.82) is 0 Å². The molecule has 3 saturated heterocycles. The normalized spacial score (nSPS) is 21.4. The first-order valence-corrected chi connectivity index (χ1v) is 13.2. The van der Waals surface area contributed by atoms with Crippen LogP contribution in [-0.2, 0) is 14.3 Å². The Hall–Kier alpha value is -3.38. The summed E-state index contributed by atoms with van der Waals surface area (Å²) in [5.41, 5.74) is 1.06. The summed E-state index contributed by atoms with van der Waals surface area (Å²) in [5.74, 6) is 1.33. The van der Waals surface area contributed by atoms with E-state index in [-0.39, 0.29) is 17.8 Å². The summed E-state index contributed by atoms with van der Waals surface area (Å²) in [5, 5.41) is 3.37. The lowest BCUT2D eigenvalue weighted by molar-refractivity contribution is -0.142. The van der Waals surface area contributed by atoms with Gasteiger partial charge < -0.3 is 19.7 Å². The molecule has 3 fully saturated rings. The number of carbonyl (C=O) groups is 1. The maximum absolute atomic E-state index is 14.1. The maximum Gasteiger partial charge on any atom is 0.323 e. The fraction of sp³-hybridized carbons (Fsp3) is 0.538. The number of aromatic nitrogens is 4. The Balaban J connectivity index is 1.25. The molecule has 0 radical (unpaired) electrons. The van der Waals surface area contributed by atoms with E-state index in [2.05, 4.69) is 25.1 Å². The number of cyclic esters (lactones) is 1. The molecule has 3 aliphatic heterocycles. The van der Waals surface area contributed by atoms with Crippen LogP contribution < -0.4 is 10.2 Å². The highest BCUT2D eigenvalue weighted by Gasteiger charge is 2.34. The second kappa shape index (κ2) is 10.8. The third-order valence-corrected chi connectivity index (χ3v) is 7.59. The summed E-state index contributed by atoms with van der Waals surface area (Å²) < 4.78 is 40.2. The Kier molecular flexibility index (Phi) is 7.07. The highest BCUT2D eigenvalue weighted by atomic mass is 19.3. The number of carbonyl (C=O) groups excluding carboxylic acids is 1. The minimum absolute atomic E-state index is 0.113. The highest BCUT2D eigenvalue weighted by molar-refractivity contribution is 5.78. The summed E-state index contributed by atoms with van der Waals surface area (Å²) in [7, 11) is 0. The number of esters is 1. The number of morpholine rings is 1. The fourth-order valence-corrected chi connectivity index (χ4v) is 5.52. The van der Waals surface area contributed by atoms with Crippen molar-refractivity contribution in [2.24, 2.45) is 5.92 Å². The molecular weight excluding hydrogens is 496 g/mol. The predicted octanol–water partition coefficient (Wildman–Crippen LogP) is 3.03. The van der Waals surface area contributed by atoms with E-state index in [4.69, 9.17) is 14.5 Å². The van der Waals surface area contributed by atoms with E-state index in [9.17, 15) is 13.6 Å². The van der Waals surface area contributed by atoms with E-state index < -0.39 is 6.43 Å². The van der Waals surface area contributed by atoms with Gasteiger partial charge in [0, 0.05) is 32.1 Å². The first-order valence-electron chi connectivity index (χ1n) is 13.2. The zero-order chi connectivity index (χ0) is 26.1. The van der Waals surface area contributed by atoms with Crippen molar-refractivity contribution < 1.29 is 23.0 Å². The largest absolute Gasteiger partial charge is 0.464 e. The lowest BCUT2D eigenvalue weighted by atomic mass is 9.95. The Morgan fingerprint density at radius 2 is 1.74 bits per heavy atom. The van der Waals surface area contributed by atoms with Crippen molar-refractivity contribution in [2.45, 2.75) is 31.7 Å². The van der Waals surface area contributed by atoms with E-state index >= 15 is 0 Å². The zero-order valence-corrected chi connectivity index (χ0v) is 21.1. The SMILES string of the molecule is O=C1OCCC1N1CCC(CNc2nc(N3CCOCC3)cc(-n3c(C(F)F)nc4ccccc43)n2)CC1. The second-order valence-corrected chi connectivity index (χ2v) is 9.93. The molecule has 3 aliphatic rings. The molecule has 38 heavy (non-hydrogen) atoms. The summed E-state index contributed by atoms with van der Waals surface area (Å²) >= 11 is 0. The lowest BCUT2D eigenvalue weighted by Gasteiger charge is -2.34. The van der Waals surface area contributed by atoms with Crippen molar-refractivity contribution >= 4 is 28.8 Å². The van der Waals surface area contributed by atoms with Crippen LogP contribution in [0, 0.1) is 5.92 Å². The molecule has 12 heteroatoms. The quantitative estimate of drug-likeness (QED) is 0.465. The van der Waals surface area contributed by atoms with Gasteiger partial charge in [0.05, 0.1) is 30.9 Å². The molecule has 10 nitrogen and oxygen atoms in total. The van der Waals surface area contributed by atoms with Crippen LogP contribution in [-0.4, -0.2) is 89.0 Å². The molecule has 0 bridgehead atoms. The maximum atomic E-state index is 14.1. The average Bonchev–Trinajstić information content (AvgIpc) is 3.56. The third kappa shape index (κ3) is 5.02. The zero-order valence-electron chi connectivity index (χ0n) is 21.1. The molecule has 1 unspecified atom stereocenters. The van der Waals surface area contributed by atoms with E-state index in [1.165, 1.54) is 4.57 Å². The first-order chi connectivity index (χ1) is 18.6. The van der Waals surface area contributed by atoms with Crippen LogP contribution in [0.15, 0.2) is 30.3 Å². The van der Waals surface area contributed by atoms with Crippen molar-refractivity contribution in [2.75, 3.05) is 62.8 Å². The molecule has 1 N–H and O–H groups in total. The van der Waals surface area contributed by atoms with Crippen LogP contribution >= 0.6 is 0 Å². The second-order valence-electron chi connectivity index (χ2n) is 9.93. The summed E-state index contributed by atoms with van der Waals surface area (Å²) in [6.45, 7) is 5.30. The van der Waals surface area contributed by atoms with E-state index in [1.54, 1.807) is 30.3 Å². The van der Waals surface area contributed by atoms with Crippen molar-refractivity contribution in [1.82, 2.24) is 24.4 Å². The highest BCUT2D eigenvalue weighted by Crippen LogP contribution is 2.30. The Labute approximate surface area is 218 Å². The summed E-state index contributed by atoms with van der Waals surface area (Å²) in [6.07, 6.45) is -0.123. The van der Waals surface area contributed by atoms with E-state index in [0.29, 0.717) is 74.0 Å². The average molecular weight is 528 g/mol. The van der Waals surface area contributed by atoms with Gasteiger partial charge in [-0.1, -0.05) is 12.1 Å². The minimum Gasteiger partial charge on any atom is -0.464 e. The van der Waals surface area contributed by atoms with Gasteiger partial charge in [-0.25, -0.2) is 13.8 Å². The monoisotopic (exact) mass is 527 g/mol. The van der Waals surface area contributed by atoms with Crippen LogP contribution in [0.1, 0.15) is 31.5 Å². The minimum atomic E-state index is -2.76. The number of nitrogens with zero attached hydrogens (tertiary/aromatic N) is 6. The smallest absolute Gasteiger partial charge is 0.323 e. The van der Waals surface area contributed by atoms with Gasteiger partial charge in [-0.05, 0) is 44.0 Å². The van der Waals surface area contributed by atoms with Gasteiger partial charge in [-0.15, -0.1) is 0 Å². The Morgan fingerprint density at radius 3 is 2.47 bits per heavy atom. The number of hydrogen-bond acceptors (Lipinski definition) is 9. The molecule has 0 aliphatic carbocycles. The fourth-order valence-electron chi connectivity index (χ4n) is 5.52. The number of anilines is 2. The molecule has 0 spiro atoms. The number of nitrogens with one attached hydrogen (secondary N) is 1. The van der Waals surface area contributed by atoms with Crippen molar-refractivity contribution in [3.8, 4) is 5.82 Å². The van der Waals surface area contributed by atoms with Crippen LogP contribution in [0.5, 0.6) is 0 Å². The standard InChI is InChI=1S/C26H31F2N7O3/c27-23(28)24-30-18-3-1-2-4-19(18)35(24)22-15-21(34-10-13-37-14-11-34)31-26(32-22)29-16-17-5-8-33(9-6-17)20-7-12-38-25(20)36/h1-4,15,17,20,23H,5-14,16H2,(H,29,31,32). The van der Waals surface area contributed by atoms with Gasteiger partial charge in [-0.3, -0.25) is 14.3 Å². The van der Waals surface area contributed by atoms with Gasteiger partial charge in [0.2, 0.25) is 5.95 Å². The number of hydrogen-bond donors (Lipinski definition) is 1. The third-order valence-electron chi connectivity index (χ3n) is 7.59. The number of likely N-dealkylation sites (tertiary alicyclic amines) is 1. The number of para-hydroxylation sites is 2. The van der Waals surface area contributed by atoms with Gasteiger partial charge in [0.25, 0.3) is 6.43 Å². The van der Waals surface area contributed by atoms with Crippen LogP contribution in [0.3, 0.4) is 0 Å². The van der Waals surface area contributed by atoms with Crippen LogP contribution in [0.25, 0.3) is 16.9 Å². The van der Waals surface area contributed by atoms with Gasteiger partial charge in [0.1, 0.15) is 17.7 Å². The topological polar surface area (TPSA) is 97.6 Å². The molecule has 0 saturated carbocycles. The molecule has 2 aromatic heterocycles. The Bertz CT molecular complexity index is 1290. The number of piperidine rings is 1. The summed E-state index contributed by atoms with van der Waals surface area (Å²) in [6, 6.07) is 8.70. The molecular formula is C26H31F2N7O3.